The molecule has 5 rings (SSSR count). The van der Waals surface area contributed by atoms with Crippen LogP contribution in [0.4, 0.5) is 5.95 Å². The van der Waals surface area contributed by atoms with Crippen LogP contribution in [-0.4, -0.2) is 46.4 Å². The van der Waals surface area contributed by atoms with Gasteiger partial charge < -0.3 is 10.4 Å². The summed E-state index contributed by atoms with van der Waals surface area (Å²) < 4.78 is 3.54. The van der Waals surface area contributed by atoms with E-state index in [1.165, 1.54) is 0 Å². The van der Waals surface area contributed by atoms with Crippen LogP contribution in [0.1, 0.15) is 12.8 Å². The van der Waals surface area contributed by atoms with E-state index in [9.17, 15) is 5.11 Å². The highest BCUT2D eigenvalue weighted by Crippen LogP contribution is 2.25. The minimum atomic E-state index is -0.200. The van der Waals surface area contributed by atoms with Gasteiger partial charge >= 0.3 is 0 Å². The molecular weight excluding hydrogens is 306 g/mol. The number of hydrogen-bond acceptors (Lipinski definition) is 6. The van der Waals surface area contributed by atoms with Crippen molar-refractivity contribution in [1.29, 1.82) is 0 Å². The maximum Gasteiger partial charge on any atom is 0.241 e. The number of aliphatic hydroxyl groups excluding tert-OH is 1. The van der Waals surface area contributed by atoms with Crippen molar-refractivity contribution in [3.05, 3.63) is 43.0 Å². The van der Waals surface area contributed by atoms with Crippen LogP contribution in [0.3, 0.4) is 0 Å². The Bertz CT molecular complexity index is 1030. The van der Waals surface area contributed by atoms with Gasteiger partial charge in [0.25, 0.3) is 0 Å². The minimum absolute atomic E-state index is 0.200. The van der Waals surface area contributed by atoms with Crippen LogP contribution in [-0.2, 0) is 0 Å². The zero-order valence-corrected chi connectivity index (χ0v) is 12.7. The number of aliphatic hydroxyl groups is 1. The maximum atomic E-state index is 9.36. The van der Waals surface area contributed by atoms with Gasteiger partial charge in [-0.1, -0.05) is 0 Å². The Balaban J connectivity index is 1.50. The molecule has 8 heteroatoms. The van der Waals surface area contributed by atoms with E-state index < -0.39 is 0 Å². The van der Waals surface area contributed by atoms with Crippen LogP contribution < -0.4 is 5.32 Å². The van der Waals surface area contributed by atoms with Gasteiger partial charge in [-0.05, 0) is 31.0 Å². The second-order valence-electron chi connectivity index (χ2n) is 6.06. The summed E-state index contributed by atoms with van der Waals surface area (Å²) in [5.41, 5.74) is 3.51. The average molecular weight is 321 g/mol. The molecule has 2 N–H and O–H groups in total. The van der Waals surface area contributed by atoms with Gasteiger partial charge in [-0.15, -0.1) is 5.10 Å². The van der Waals surface area contributed by atoms with Gasteiger partial charge in [-0.2, -0.15) is 5.10 Å². The summed E-state index contributed by atoms with van der Waals surface area (Å²) >= 11 is 0. The molecule has 0 radical (unpaired) electrons. The molecule has 24 heavy (non-hydrogen) atoms. The van der Waals surface area contributed by atoms with E-state index in [1.807, 2.05) is 30.6 Å². The molecule has 4 aromatic rings. The molecule has 0 atom stereocenters. The molecule has 120 valence electrons. The van der Waals surface area contributed by atoms with Gasteiger partial charge in [0.15, 0.2) is 5.65 Å². The molecule has 8 nitrogen and oxygen atoms in total. The van der Waals surface area contributed by atoms with E-state index in [-0.39, 0.29) is 12.1 Å². The molecular formula is C16H15N7O. The molecule has 0 spiro atoms. The lowest BCUT2D eigenvalue weighted by molar-refractivity contribution is 0.0833. The van der Waals surface area contributed by atoms with Crippen molar-refractivity contribution in [1.82, 2.24) is 29.2 Å². The van der Waals surface area contributed by atoms with Gasteiger partial charge in [-0.3, -0.25) is 0 Å². The first kappa shape index (κ1) is 13.4. The van der Waals surface area contributed by atoms with E-state index in [0.717, 1.165) is 35.3 Å². The summed E-state index contributed by atoms with van der Waals surface area (Å²) in [4.78, 5) is 8.60. The average Bonchev–Trinajstić information content (AvgIpc) is 3.18. The van der Waals surface area contributed by atoms with Gasteiger partial charge in [0.05, 0.1) is 23.5 Å². The van der Waals surface area contributed by atoms with Crippen LogP contribution in [0.15, 0.2) is 43.0 Å². The largest absolute Gasteiger partial charge is 0.393 e. The number of aromatic nitrogens is 6. The Morgan fingerprint density at radius 3 is 2.83 bits per heavy atom. The molecule has 1 aliphatic carbocycles. The molecule has 1 fully saturated rings. The predicted molar refractivity (Wildman–Crippen MR) is 87.6 cm³/mol. The standard InChI is InChI=1S/C16H15N7O/c24-11-7-10(8-11)19-16-18-9-14-12(3-5-22(14)21-16)13-1-2-15-17-4-6-23(15)20-13/h1-6,9-11,24H,7-8H2,(H,19,21). The highest BCUT2D eigenvalue weighted by molar-refractivity contribution is 5.78. The fraction of sp³-hybridized carbons (Fsp3) is 0.250. The smallest absolute Gasteiger partial charge is 0.241 e. The number of fused-ring (bicyclic) bond motifs is 2. The van der Waals surface area contributed by atoms with Crippen LogP contribution >= 0.6 is 0 Å². The lowest BCUT2D eigenvalue weighted by atomic mass is 9.90. The second kappa shape index (κ2) is 5.00. The van der Waals surface area contributed by atoms with Crippen molar-refractivity contribution in [2.24, 2.45) is 0 Å². The molecule has 0 aliphatic heterocycles. The third-order valence-corrected chi connectivity index (χ3v) is 4.39. The van der Waals surface area contributed by atoms with Crippen molar-refractivity contribution in [2.45, 2.75) is 25.0 Å². The summed E-state index contributed by atoms with van der Waals surface area (Å²) in [5.74, 6) is 0.569. The normalized spacial score (nSPS) is 20.4. The summed E-state index contributed by atoms with van der Waals surface area (Å²) in [6.07, 6.45) is 8.52. The highest BCUT2D eigenvalue weighted by Gasteiger charge is 2.27. The first-order chi connectivity index (χ1) is 11.8. The van der Waals surface area contributed by atoms with Crippen LogP contribution in [0, 0.1) is 0 Å². The van der Waals surface area contributed by atoms with E-state index in [1.54, 1.807) is 21.4 Å². The lowest BCUT2D eigenvalue weighted by Crippen LogP contribution is -2.39. The zero-order valence-electron chi connectivity index (χ0n) is 12.7. The molecule has 4 heterocycles. The van der Waals surface area contributed by atoms with Crippen molar-refractivity contribution in [2.75, 3.05) is 5.32 Å². The van der Waals surface area contributed by atoms with E-state index in [2.05, 4.69) is 25.5 Å². The number of rotatable bonds is 3. The van der Waals surface area contributed by atoms with Crippen LogP contribution in [0.2, 0.25) is 0 Å². The van der Waals surface area contributed by atoms with E-state index >= 15 is 0 Å². The first-order valence-electron chi connectivity index (χ1n) is 7.86. The van der Waals surface area contributed by atoms with Crippen molar-refractivity contribution >= 4 is 17.1 Å². The van der Waals surface area contributed by atoms with Gasteiger partial charge in [0.2, 0.25) is 5.95 Å². The Hall–Kier alpha value is -3.00. The summed E-state index contributed by atoms with van der Waals surface area (Å²) in [6, 6.07) is 6.11. The fourth-order valence-corrected chi connectivity index (χ4v) is 3.03. The third-order valence-electron chi connectivity index (χ3n) is 4.39. The second-order valence-corrected chi connectivity index (χ2v) is 6.06. The van der Waals surface area contributed by atoms with Crippen LogP contribution in [0.5, 0.6) is 0 Å². The number of anilines is 1. The van der Waals surface area contributed by atoms with E-state index in [4.69, 9.17) is 0 Å². The summed E-state index contributed by atoms with van der Waals surface area (Å²) in [6.45, 7) is 0. The third kappa shape index (κ3) is 2.11. The molecule has 4 aromatic heterocycles. The summed E-state index contributed by atoms with van der Waals surface area (Å²) in [5, 5.41) is 21.7. The number of hydrogen-bond donors (Lipinski definition) is 2. The Morgan fingerprint density at radius 2 is 1.96 bits per heavy atom. The van der Waals surface area contributed by atoms with Crippen LogP contribution in [0.25, 0.3) is 22.4 Å². The molecule has 0 bridgehead atoms. The molecule has 0 saturated heterocycles. The summed E-state index contributed by atoms with van der Waals surface area (Å²) in [7, 11) is 0. The zero-order chi connectivity index (χ0) is 16.1. The number of nitrogens with zero attached hydrogens (tertiary/aromatic N) is 6. The topological polar surface area (TPSA) is 92.6 Å². The van der Waals surface area contributed by atoms with Crippen molar-refractivity contribution < 1.29 is 5.11 Å². The van der Waals surface area contributed by atoms with Gasteiger partial charge in [0.1, 0.15) is 0 Å². The fourth-order valence-electron chi connectivity index (χ4n) is 3.03. The number of imidazole rings is 1. The monoisotopic (exact) mass is 321 g/mol. The molecule has 0 unspecified atom stereocenters. The molecule has 0 aromatic carbocycles. The Morgan fingerprint density at radius 1 is 1.04 bits per heavy atom. The van der Waals surface area contributed by atoms with Gasteiger partial charge in [0, 0.05) is 30.2 Å². The van der Waals surface area contributed by atoms with Gasteiger partial charge in [-0.25, -0.2) is 19.0 Å². The molecule has 1 saturated carbocycles. The first-order valence-corrected chi connectivity index (χ1v) is 7.86. The van der Waals surface area contributed by atoms with Crippen molar-refractivity contribution in [3.8, 4) is 11.3 Å². The Labute approximate surface area is 136 Å². The Kier molecular flexibility index (Phi) is 2.80. The molecule has 1 aliphatic rings. The van der Waals surface area contributed by atoms with E-state index in [0.29, 0.717) is 5.95 Å². The minimum Gasteiger partial charge on any atom is -0.393 e. The predicted octanol–water partition coefficient (Wildman–Crippen LogP) is 1.37. The molecule has 0 amide bonds. The maximum absolute atomic E-state index is 9.36. The number of nitrogens with one attached hydrogen (secondary N) is 1. The highest BCUT2D eigenvalue weighted by atomic mass is 16.3. The lowest BCUT2D eigenvalue weighted by Gasteiger charge is -2.31. The van der Waals surface area contributed by atoms with Crippen molar-refractivity contribution in [3.63, 3.8) is 0 Å². The quantitative estimate of drug-likeness (QED) is 0.592. The SMILES string of the molecule is OC1CC(Nc2ncc3c(-c4ccc5nccn5n4)ccn3n2)C1.